The molecule has 11 heteroatoms. The van der Waals surface area contributed by atoms with E-state index >= 15 is 0 Å². The Labute approximate surface area is 282 Å². The molecule has 9 nitrogen and oxygen atoms in total. The van der Waals surface area contributed by atoms with Gasteiger partial charge in [-0.15, -0.1) is 0 Å². The van der Waals surface area contributed by atoms with Crippen LogP contribution < -0.4 is 10.1 Å². The molecule has 2 amide bonds. The minimum absolute atomic E-state index is 0.0507. The van der Waals surface area contributed by atoms with Crippen LogP contribution in [0.1, 0.15) is 60.5 Å². The highest BCUT2D eigenvalue weighted by Crippen LogP contribution is 2.41. The number of nitrogens with zero attached hydrogens (tertiary/aromatic N) is 4. The van der Waals surface area contributed by atoms with Crippen molar-refractivity contribution in [2.75, 3.05) is 67.5 Å². The Hall–Kier alpha value is -3.11. The third kappa shape index (κ3) is 6.93. The molecule has 3 heterocycles. The van der Waals surface area contributed by atoms with Gasteiger partial charge < -0.3 is 28.8 Å². The van der Waals surface area contributed by atoms with Crippen molar-refractivity contribution in [3.63, 3.8) is 0 Å². The van der Waals surface area contributed by atoms with E-state index in [0.29, 0.717) is 28.1 Å². The summed E-state index contributed by atoms with van der Waals surface area (Å²) in [6.45, 7) is 4.89. The lowest BCUT2D eigenvalue weighted by Gasteiger charge is -2.56. The zero-order valence-corrected chi connectivity index (χ0v) is 28.9. The first-order valence-electron chi connectivity index (χ1n) is 16.2. The molecule has 1 aromatic heterocycles. The molecule has 5 rings (SSSR count). The first-order valence-corrected chi connectivity index (χ1v) is 16.9. The predicted molar refractivity (Wildman–Crippen MR) is 182 cm³/mol. The molecule has 1 atom stereocenters. The SMILES string of the molecule is COc1ccc(-c2ocnc2C(=O)N(C)CC(CC[N+]2(C3(C(=O)N(C)C)CCNCC3)CCCCC2)c2ccc(Cl)c(Cl)c2)cc1. The Balaban J connectivity index is 1.44. The number of likely N-dealkylation sites (tertiary alicyclic amines) is 1. The molecule has 2 aliphatic heterocycles. The molecule has 2 aliphatic rings. The number of amides is 2. The fraction of sp³-hybridized carbons (Fsp3) is 0.514. The number of likely N-dealkylation sites (N-methyl/N-ethyl adjacent to an activating group) is 2. The standard InChI is InChI=1S/C35H46Cl2N5O4/c1-40(2)34(44)35(15-17-38-18-16-35)42(19-6-5-7-20-42)21-14-27(26-10-13-29(36)30(37)22-26)23-41(3)33(43)31-32(46-24-39-31)25-8-11-28(45-4)12-9-25/h8-13,22,24,27,38H,5-7,14-21,23H2,1-4H3/q+1. The van der Waals surface area contributed by atoms with E-state index in [2.05, 4.69) is 10.3 Å². The van der Waals surface area contributed by atoms with E-state index in [1.54, 1.807) is 24.0 Å². The number of hydrogen-bond acceptors (Lipinski definition) is 6. The van der Waals surface area contributed by atoms with Crippen LogP contribution in [0.4, 0.5) is 0 Å². The molecule has 0 spiro atoms. The van der Waals surface area contributed by atoms with Crippen LogP contribution in [0, 0.1) is 0 Å². The molecule has 1 N–H and O–H groups in total. The molecular weight excluding hydrogens is 625 g/mol. The minimum atomic E-state index is -0.465. The third-order valence-corrected chi connectivity index (χ3v) is 10.8. The summed E-state index contributed by atoms with van der Waals surface area (Å²) in [6, 6.07) is 13.1. The number of piperidine rings is 2. The van der Waals surface area contributed by atoms with E-state index in [4.69, 9.17) is 32.4 Å². The average molecular weight is 672 g/mol. The van der Waals surface area contributed by atoms with Crippen LogP contribution in [0.3, 0.4) is 0 Å². The van der Waals surface area contributed by atoms with Crippen LogP contribution in [0.15, 0.2) is 53.3 Å². The van der Waals surface area contributed by atoms with Crippen LogP contribution in [0.25, 0.3) is 11.3 Å². The smallest absolute Gasteiger partial charge is 0.283 e. The first-order chi connectivity index (χ1) is 22.1. The summed E-state index contributed by atoms with van der Waals surface area (Å²) in [5.74, 6) is 1.07. The van der Waals surface area contributed by atoms with Crippen molar-refractivity contribution in [2.45, 2.75) is 50.0 Å². The molecular formula is C35H46Cl2N5O4+. The summed E-state index contributed by atoms with van der Waals surface area (Å²) in [5, 5.41) is 4.47. The monoisotopic (exact) mass is 670 g/mol. The highest BCUT2D eigenvalue weighted by molar-refractivity contribution is 6.42. The van der Waals surface area contributed by atoms with Gasteiger partial charge >= 0.3 is 0 Å². The van der Waals surface area contributed by atoms with Crippen molar-refractivity contribution in [3.8, 4) is 17.1 Å². The van der Waals surface area contributed by atoms with E-state index < -0.39 is 5.54 Å². The van der Waals surface area contributed by atoms with Crippen LogP contribution in [-0.4, -0.2) is 104 Å². The van der Waals surface area contributed by atoms with E-state index in [1.807, 2.05) is 56.6 Å². The molecule has 248 valence electrons. The van der Waals surface area contributed by atoms with Gasteiger partial charge in [-0.3, -0.25) is 9.59 Å². The van der Waals surface area contributed by atoms with Gasteiger partial charge in [0.15, 0.2) is 23.4 Å². The second-order valence-electron chi connectivity index (χ2n) is 13.0. The highest BCUT2D eigenvalue weighted by Gasteiger charge is 2.57. The summed E-state index contributed by atoms with van der Waals surface area (Å²) in [7, 11) is 7.18. The molecule has 0 bridgehead atoms. The molecule has 2 aromatic carbocycles. The second kappa shape index (κ2) is 14.8. The number of carbonyl (C=O) groups excluding carboxylic acids is 2. The molecule has 1 unspecified atom stereocenters. The molecule has 2 saturated heterocycles. The zero-order chi connectivity index (χ0) is 32.9. The Morgan fingerprint density at radius 1 is 1.02 bits per heavy atom. The summed E-state index contributed by atoms with van der Waals surface area (Å²) in [4.78, 5) is 35.8. The van der Waals surface area contributed by atoms with Gasteiger partial charge in [0.1, 0.15) is 5.75 Å². The summed E-state index contributed by atoms with van der Waals surface area (Å²) in [6.07, 6.45) is 7.11. The first kappa shape index (κ1) is 34.2. The third-order valence-electron chi connectivity index (χ3n) is 10.1. The lowest BCUT2D eigenvalue weighted by atomic mass is 9.79. The maximum Gasteiger partial charge on any atom is 0.283 e. The number of nitrogens with one attached hydrogen (secondary N) is 1. The molecule has 0 radical (unpaired) electrons. The number of quaternary nitrogens is 1. The maximum absolute atomic E-state index is 14.1. The van der Waals surface area contributed by atoms with Crippen LogP contribution in [0.5, 0.6) is 5.75 Å². The average Bonchev–Trinajstić information content (AvgIpc) is 3.58. The quantitative estimate of drug-likeness (QED) is 0.248. The summed E-state index contributed by atoms with van der Waals surface area (Å²) < 4.78 is 11.8. The Kier molecular flexibility index (Phi) is 11.0. The van der Waals surface area contributed by atoms with Gasteiger partial charge in [-0.1, -0.05) is 29.3 Å². The topological polar surface area (TPSA) is 87.9 Å². The van der Waals surface area contributed by atoms with Crippen LogP contribution >= 0.6 is 23.2 Å². The van der Waals surface area contributed by atoms with Crippen molar-refractivity contribution in [2.24, 2.45) is 0 Å². The summed E-state index contributed by atoms with van der Waals surface area (Å²) in [5.41, 5.74) is 1.54. The van der Waals surface area contributed by atoms with Gasteiger partial charge in [0.2, 0.25) is 0 Å². The normalized spacial score (nSPS) is 18.0. The van der Waals surface area contributed by atoms with Crippen molar-refractivity contribution >= 4 is 35.0 Å². The Morgan fingerprint density at radius 3 is 2.35 bits per heavy atom. The van der Waals surface area contributed by atoms with Crippen molar-refractivity contribution < 1.29 is 23.2 Å². The van der Waals surface area contributed by atoms with E-state index in [1.165, 1.54) is 12.8 Å². The van der Waals surface area contributed by atoms with Crippen molar-refractivity contribution in [1.29, 1.82) is 0 Å². The van der Waals surface area contributed by atoms with Gasteiger partial charge in [-0.2, -0.15) is 0 Å². The minimum Gasteiger partial charge on any atom is -0.497 e. The second-order valence-corrected chi connectivity index (χ2v) is 13.8. The maximum atomic E-state index is 14.1. The molecule has 3 aromatic rings. The number of methoxy groups -OCH3 is 1. The number of halogens is 2. The number of aromatic nitrogens is 1. The number of ether oxygens (including phenoxy) is 1. The van der Waals surface area contributed by atoms with Gasteiger partial charge in [0.05, 0.1) is 36.8 Å². The lowest BCUT2D eigenvalue weighted by molar-refractivity contribution is -0.972. The molecule has 0 aliphatic carbocycles. The number of hydrogen-bond donors (Lipinski definition) is 1. The Bertz CT molecular complexity index is 1500. The van der Waals surface area contributed by atoms with Gasteiger partial charge in [-0.05, 0) is 61.2 Å². The molecule has 46 heavy (non-hydrogen) atoms. The van der Waals surface area contributed by atoms with Crippen molar-refractivity contribution in [1.82, 2.24) is 20.1 Å². The van der Waals surface area contributed by atoms with E-state index in [0.717, 1.165) is 80.4 Å². The van der Waals surface area contributed by atoms with E-state index in [-0.39, 0.29) is 23.4 Å². The van der Waals surface area contributed by atoms with Gasteiger partial charge in [0.25, 0.3) is 11.8 Å². The largest absolute Gasteiger partial charge is 0.497 e. The predicted octanol–water partition coefficient (Wildman–Crippen LogP) is 6.11. The summed E-state index contributed by atoms with van der Waals surface area (Å²) >= 11 is 12.9. The lowest BCUT2D eigenvalue weighted by Crippen LogP contribution is -2.74. The molecule has 0 saturated carbocycles. The fourth-order valence-corrected chi connectivity index (χ4v) is 7.91. The fourth-order valence-electron chi connectivity index (χ4n) is 7.60. The van der Waals surface area contributed by atoms with Crippen molar-refractivity contribution in [3.05, 3.63) is 70.2 Å². The number of oxazole rings is 1. The Morgan fingerprint density at radius 2 is 1.72 bits per heavy atom. The number of carbonyl (C=O) groups is 2. The number of benzene rings is 2. The highest BCUT2D eigenvalue weighted by atomic mass is 35.5. The zero-order valence-electron chi connectivity index (χ0n) is 27.4. The van der Waals surface area contributed by atoms with Gasteiger partial charge in [-0.25, -0.2) is 4.98 Å². The number of rotatable bonds is 11. The van der Waals surface area contributed by atoms with Crippen LogP contribution in [0.2, 0.25) is 10.0 Å². The van der Waals surface area contributed by atoms with Crippen LogP contribution in [-0.2, 0) is 4.79 Å². The van der Waals surface area contributed by atoms with Gasteiger partial charge in [0, 0.05) is 71.5 Å². The molecule has 2 fully saturated rings. The van der Waals surface area contributed by atoms with E-state index in [9.17, 15) is 9.59 Å².